The highest BCUT2D eigenvalue weighted by molar-refractivity contribution is 5.89. The van der Waals surface area contributed by atoms with Gasteiger partial charge in [0.05, 0.1) is 0 Å². The predicted molar refractivity (Wildman–Crippen MR) is 96.7 cm³/mol. The molecule has 25 heavy (non-hydrogen) atoms. The molecule has 130 valence electrons. The summed E-state index contributed by atoms with van der Waals surface area (Å²) in [5.74, 6) is 1.60. The van der Waals surface area contributed by atoms with Gasteiger partial charge in [-0.25, -0.2) is 4.79 Å². The zero-order chi connectivity index (χ0) is 17.1. The number of rotatable bonds is 2. The second-order valence-corrected chi connectivity index (χ2v) is 6.10. The van der Waals surface area contributed by atoms with Crippen molar-refractivity contribution in [3.8, 4) is 11.5 Å². The molecule has 0 spiro atoms. The first-order valence-electron chi connectivity index (χ1n) is 8.55. The highest BCUT2D eigenvalue weighted by Gasteiger charge is 2.22. The second-order valence-electron chi connectivity index (χ2n) is 6.10. The van der Waals surface area contributed by atoms with E-state index in [4.69, 9.17) is 9.47 Å². The van der Waals surface area contributed by atoms with Crippen LogP contribution in [-0.4, -0.2) is 50.3 Å². The van der Waals surface area contributed by atoms with E-state index in [-0.39, 0.29) is 6.03 Å². The van der Waals surface area contributed by atoms with E-state index in [1.54, 1.807) is 0 Å². The Labute approximate surface area is 146 Å². The number of hydrogen-bond acceptors (Lipinski definition) is 4. The number of hydrogen-bond donors (Lipinski definition) is 1. The Balaban J connectivity index is 1.36. The average Bonchev–Trinajstić information content (AvgIpc) is 2.68. The van der Waals surface area contributed by atoms with Crippen molar-refractivity contribution in [3.63, 3.8) is 0 Å². The Bertz CT molecular complexity index is 743. The topological polar surface area (TPSA) is 54.0 Å². The SMILES string of the molecule is O=C(Nc1ccccc1)N1CCN(c2ccc3c(c2)OCCO3)CC1. The van der Waals surface area contributed by atoms with Crippen molar-refractivity contribution in [1.29, 1.82) is 0 Å². The van der Waals surface area contributed by atoms with Gasteiger partial charge in [-0.1, -0.05) is 18.2 Å². The smallest absolute Gasteiger partial charge is 0.321 e. The minimum Gasteiger partial charge on any atom is -0.486 e. The molecule has 2 aromatic carbocycles. The standard InChI is InChI=1S/C19H21N3O3/c23-19(20-15-4-2-1-3-5-15)22-10-8-21(9-11-22)16-6-7-17-18(14-16)25-13-12-24-17/h1-7,14H,8-13H2,(H,20,23). The van der Waals surface area contributed by atoms with E-state index in [0.717, 1.165) is 36.0 Å². The van der Waals surface area contributed by atoms with E-state index < -0.39 is 0 Å². The van der Waals surface area contributed by atoms with Crippen molar-refractivity contribution >= 4 is 17.4 Å². The number of carbonyl (C=O) groups is 1. The summed E-state index contributed by atoms with van der Waals surface area (Å²) in [6.45, 7) is 4.15. The fourth-order valence-corrected chi connectivity index (χ4v) is 3.12. The molecule has 1 saturated heterocycles. The number of piperazine rings is 1. The van der Waals surface area contributed by atoms with Gasteiger partial charge in [0.15, 0.2) is 11.5 Å². The Morgan fingerprint density at radius 1 is 0.880 bits per heavy atom. The van der Waals surface area contributed by atoms with Crippen molar-refractivity contribution < 1.29 is 14.3 Å². The van der Waals surface area contributed by atoms with Crippen LogP contribution in [0.3, 0.4) is 0 Å². The minimum absolute atomic E-state index is 0.0481. The number of benzene rings is 2. The van der Waals surface area contributed by atoms with Crippen LogP contribution in [0, 0.1) is 0 Å². The van der Waals surface area contributed by atoms with Gasteiger partial charge in [-0.05, 0) is 24.3 Å². The first kappa shape index (κ1) is 15.6. The Kier molecular flexibility index (Phi) is 4.33. The van der Waals surface area contributed by atoms with Crippen molar-refractivity contribution in [2.24, 2.45) is 0 Å². The van der Waals surface area contributed by atoms with Crippen molar-refractivity contribution in [2.75, 3.05) is 49.6 Å². The quantitative estimate of drug-likeness (QED) is 0.914. The van der Waals surface area contributed by atoms with E-state index in [0.29, 0.717) is 26.3 Å². The lowest BCUT2D eigenvalue weighted by atomic mass is 10.2. The summed E-state index contributed by atoms with van der Waals surface area (Å²) in [5.41, 5.74) is 1.93. The van der Waals surface area contributed by atoms with Crippen LogP contribution in [0.2, 0.25) is 0 Å². The third kappa shape index (κ3) is 3.47. The molecule has 6 heteroatoms. The molecule has 0 aliphatic carbocycles. The molecule has 0 aromatic heterocycles. The first-order chi connectivity index (χ1) is 12.3. The number of ether oxygens (including phenoxy) is 2. The highest BCUT2D eigenvalue weighted by Crippen LogP contribution is 2.34. The number of para-hydroxylation sites is 1. The molecule has 0 unspecified atom stereocenters. The zero-order valence-corrected chi connectivity index (χ0v) is 14.0. The van der Waals surface area contributed by atoms with Crippen LogP contribution in [0.5, 0.6) is 11.5 Å². The van der Waals surface area contributed by atoms with E-state index in [2.05, 4.69) is 10.2 Å². The van der Waals surface area contributed by atoms with E-state index in [9.17, 15) is 4.79 Å². The third-order valence-electron chi connectivity index (χ3n) is 4.48. The third-order valence-corrected chi connectivity index (χ3v) is 4.48. The minimum atomic E-state index is -0.0481. The largest absolute Gasteiger partial charge is 0.486 e. The van der Waals surface area contributed by atoms with Gasteiger partial charge in [-0.2, -0.15) is 0 Å². The summed E-state index contributed by atoms with van der Waals surface area (Å²) in [6, 6.07) is 15.5. The fourth-order valence-electron chi connectivity index (χ4n) is 3.12. The Hall–Kier alpha value is -2.89. The summed E-state index contributed by atoms with van der Waals surface area (Å²) in [5, 5.41) is 2.94. The van der Waals surface area contributed by atoms with Gasteiger partial charge in [-0.3, -0.25) is 0 Å². The molecule has 0 atom stereocenters. The van der Waals surface area contributed by atoms with Gasteiger partial charge >= 0.3 is 6.03 Å². The number of urea groups is 1. The molecular weight excluding hydrogens is 318 g/mol. The van der Waals surface area contributed by atoms with Crippen molar-refractivity contribution in [3.05, 3.63) is 48.5 Å². The molecule has 2 aliphatic rings. The van der Waals surface area contributed by atoms with Gasteiger partial charge in [0.1, 0.15) is 13.2 Å². The lowest BCUT2D eigenvalue weighted by molar-refractivity contribution is 0.171. The molecule has 4 rings (SSSR count). The van der Waals surface area contributed by atoms with Crippen molar-refractivity contribution in [2.45, 2.75) is 0 Å². The monoisotopic (exact) mass is 339 g/mol. The van der Waals surface area contributed by atoms with Gasteiger partial charge in [-0.15, -0.1) is 0 Å². The Morgan fingerprint density at radius 2 is 1.60 bits per heavy atom. The van der Waals surface area contributed by atoms with Crippen LogP contribution < -0.4 is 19.7 Å². The fraction of sp³-hybridized carbons (Fsp3) is 0.316. The molecular formula is C19H21N3O3. The lowest BCUT2D eigenvalue weighted by Crippen LogP contribution is -2.50. The molecule has 2 aromatic rings. The number of carbonyl (C=O) groups excluding carboxylic acids is 1. The summed E-state index contributed by atoms with van der Waals surface area (Å²) in [6.07, 6.45) is 0. The van der Waals surface area contributed by atoms with Crippen LogP contribution in [0.15, 0.2) is 48.5 Å². The van der Waals surface area contributed by atoms with Crippen LogP contribution in [0.25, 0.3) is 0 Å². The predicted octanol–water partition coefficient (Wildman–Crippen LogP) is 2.81. The van der Waals surface area contributed by atoms with Gasteiger partial charge < -0.3 is 24.6 Å². The lowest BCUT2D eigenvalue weighted by Gasteiger charge is -2.36. The summed E-state index contributed by atoms with van der Waals surface area (Å²) < 4.78 is 11.2. The first-order valence-corrected chi connectivity index (χ1v) is 8.55. The summed E-state index contributed by atoms with van der Waals surface area (Å²) >= 11 is 0. The molecule has 2 heterocycles. The van der Waals surface area contributed by atoms with Gasteiger partial charge in [0.25, 0.3) is 0 Å². The molecule has 2 amide bonds. The molecule has 1 fully saturated rings. The second kappa shape index (κ2) is 6.93. The number of fused-ring (bicyclic) bond motifs is 1. The molecule has 1 N–H and O–H groups in total. The maximum atomic E-state index is 12.4. The molecule has 0 radical (unpaired) electrons. The number of anilines is 2. The van der Waals surface area contributed by atoms with Crippen LogP contribution in [0.4, 0.5) is 16.2 Å². The number of nitrogens with one attached hydrogen (secondary N) is 1. The summed E-state index contributed by atoms with van der Waals surface area (Å²) in [7, 11) is 0. The maximum Gasteiger partial charge on any atom is 0.321 e. The number of nitrogens with zero attached hydrogens (tertiary/aromatic N) is 2. The average molecular weight is 339 g/mol. The van der Waals surface area contributed by atoms with Crippen LogP contribution in [-0.2, 0) is 0 Å². The zero-order valence-electron chi connectivity index (χ0n) is 14.0. The molecule has 0 bridgehead atoms. The van der Waals surface area contributed by atoms with Crippen LogP contribution in [0.1, 0.15) is 0 Å². The van der Waals surface area contributed by atoms with Gasteiger partial charge in [0, 0.05) is 43.6 Å². The maximum absolute atomic E-state index is 12.4. The van der Waals surface area contributed by atoms with Crippen LogP contribution >= 0.6 is 0 Å². The van der Waals surface area contributed by atoms with E-state index in [1.165, 1.54) is 0 Å². The summed E-state index contributed by atoms with van der Waals surface area (Å²) in [4.78, 5) is 16.5. The van der Waals surface area contributed by atoms with Crippen molar-refractivity contribution in [1.82, 2.24) is 4.90 Å². The van der Waals surface area contributed by atoms with Gasteiger partial charge in [0.2, 0.25) is 0 Å². The normalized spacial score (nSPS) is 16.5. The number of amides is 2. The molecule has 2 aliphatic heterocycles. The molecule has 6 nitrogen and oxygen atoms in total. The Morgan fingerprint density at radius 3 is 2.36 bits per heavy atom. The van der Waals surface area contributed by atoms with E-state index in [1.807, 2.05) is 53.4 Å². The highest BCUT2D eigenvalue weighted by atomic mass is 16.6. The molecule has 0 saturated carbocycles. The van der Waals surface area contributed by atoms with E-state index >= 15 is 0 Å².